The Balaban J connectivity index is 1.97. The van der Waals surface area contributed by atoms with Crippen LogP contribution in [-0.2, 0) is 0 Å². The predicted molar refractivity (Wildman–Crippen MR) is 80.8 cm³/mol. The molecule has 0 aliphatic carbocycles. The van der Waals surface area contributed by atoms with Crippen molar-refractivity contribution in [2.45, 2.75) is 6.92 Å². The molecule has 0 saturated carbocycles. The fourth-order valence-electron chi connectivity index (χ4n) is 1.82. The van der Waals surface area contributed by atoms with Crippen LogP contribution in [-0.4, -0.2) is 0 Å². The molecule has 0 amide bonds. The first-order valence-corrected chi connectivity index (χ1v) is 7.31. The molecule has 18 heavy (non-hydrogen) atoms. The first-order chi connectivity index (χ1) is 8.72. The monoisotopic (exact) mass is 318 g/mol. The van der Waals surface area contributed by atoms with Gasteiger partial charge in [0, 0.05) is 19.9 Å². The Morgan fingerprint density at radius 2 is 1.83 bits per heavy atom. The van der Waals surface area contributed by atoms with Crippen LogP contribution in [0.25, 0.3) is 10.1 Å². The summed E-state index contributed by atoms with van der Waals surface area (Å²) in [7, 11) is 0. The summed E-state index contributed by atoms with van der Waals surface area (Å²) in [6, 6.07) is 14.3. The zero-order valence-corrected chi connectivity index (χ0v) is 12.2. The van der Waals surface area contributed by atoms with Crippen LogP contribution < -0.4 is 4.74 Å². The largest absolute Gasteiger partial charge is 0.456 e. The third-order valence-corrected chi connectivity index (χ3v) is 4.19. The molecule has 3 rings (SSSR count). The molecule has 3 heteroatoms. The van der Waals surface area contributed by atoms with E-state index >= 15 is 0 Å². The Bertz CT molecular complexity index is 685. The van der Waals surface area contributed by atoms with Crippen LogP contribution >= 0.6 is 27.3 Å². The molecule has 0 saturated heterocycles. The summed E-state index contributed by atoms with van der Waals surface area (Å²) in [5.41, 5.74) is 1.28. The summed E-state index contributed by atoms with van der Waals surface area (Å²) < 4.78 is 8.24. The van der Waals surface area contributed by atoms with Gasteiger partial charge in [-0.1, -0.05) is 22.0 Å². The van der Waals surface area contributed by atoms with E-state index in [1.165, 1.54) is 15.6 Å². The first kappa shape index (κ1) is 11.8. The summed E-state index contributed by atoms with van der Waals surface area (Å²) in [5.74, 6) is 1.79. The Kier molecular flexibility index (Phi) is 3.10. The molecule has 0 spiro atoms. The van der Waals surface area contributed by atoms with Crippen LogP contribution in [0.15, 0.2) is 52.3 Å². The van der Waals surface area contributed by atoms with Gasteiger partial charge in [-0.2, -0.15) is 0 Å². The molecular weight excluding hydrogens is 308 g/mol. The fourth-order valence-corrected chi connectivity index (χ4v) is 3.04. The van der Waals surface area contributed by atoms with Crippen LogP contribution in [0, 0.1) is 6.92 Å². The molecule has 0 atom stereocenters. The summed E-state index contributed by atoms with van der Waals surface area (Å²) in [6.45, 7) is 2.11. The van der Waals surface area contributed by atoms with E-state index in [1.807, 2.05) is 24.3 Å². The summed E-state index contributed by atoms with van der Waals surface area (Å²) in [4.78, 5) is 0. The summed E-state index contributed by atoms with van der Waals surface area (Å²) in [5, 5.41) is 3.24. The van der Waals surface area contributed by atoms with Crippen LogP contribution in [0.1, 0.15) is 5.56 Å². The van der Waals surface area contributed by atoms with Crippen molar-refractivity contribution >= 4 is 37.4 Å². The van der Waals surface area contributed by atoms with E-state index in [4.69, 9.17) is 4.74 Å². The fraction of sp³-hybridized carbons (Fsp3) is 0.0667. The zero-order chi connectivity index (χ0) is 12.5. The number of rotatable bonds is 2. The lowest BCUT2D eigenvalue weighted by Gasteiger charge is -2.04. The average molecular weight is 319 g/mol. The molecule has 2 aromatic carbocycles. The molecular formula is C15H11BrOS. The zero-order valence-electron chi connectivity index (χ0n) is 9.81. The summed E-state index contributed by atoms with van der Waals surface area (Å²) >= 11 is 5.13. The second-order valence-corrected chi connectivity index (χ2v) is 5.98. The lowest BCUT2D eigenvalue weighted by Crippen LogP contribution is -1.82. The molecule has 0 fully saturated rings. The lowest BCUT2D eigenvalue weighted by molar-refractivity contribution is 0.490. The van der Waals surface area contributed by atoms with E-state index in [1.54, 1.807) is 11.3 Å². The van der Waals surface area contributed by atoms with Crippen molar-refractivity contribution in [3.63, 3.8) is 0 Å². The predicted octanol–water partition coefficient (Wildman–Crippen LogP) is 5.76. The van der Waals surface area contributed by atoms with Crippen LogP contribution in [0.4, 0.5) is 0 Å². The minimum atomic E-state index is 0.860. The van der Waals surface area contributed by atoms with E-state index in [-0.39, 0.29) is 0 Å². The first-order valence-electron chi connectivity index (χ1n) is 5.64. The molecule has 3 aromatic rings. The quantitative estimate of drug-likeness (QED) is 0.583. The maximum atomic E-state index is 5.92. The van der Waals surface area contributed by atoms with Gasteiger partial charge in [0.15, 0.2) is 0 Å². The van der Waals surface area contributed by atoms with Crippen LogP contribution in [0.5, 0.6) is 11.5 Å². The number of hydrogen-bond donors (Lipinski definition) is 0. The van der Waals surface area contributed by atoms with Crippen molar-refractivity contribution in [2.75, 3.05) is 0 Å². The van der Waals surface area contributed by atoms with E-state index < -0.39 is 0 Å². The third kappa shape index (κ3) is 2.28. The number of halogens is 1. The van der Waals surface area contributed by atoms with E-state index in [9.17, 15) is 0 Å². The SMILES string of the molecule is Cc1ccc2c(Oc3ccc(Br)cc3)csc2c1. The maximum Gasteiger partial charge on any atom is 0.145 e. The van der Waals surface area contributed by atoms with Gasteiger partial charge in [0.25, 0.3) is 0 Å². The number of fused-ring (bicyclic) bond motifs is 1. The van der Waals surface area contributed by atoms with Gasteiger partial charge in [0.1, 0.15) is 11.5 Å². The molecule has 0 aliphatic heterocycles. The highest BCUT2D eigenvalue weighted by atomic mass is 79.9. The van der Waals surface area contributed by atoms with Gasteiger partial charge in [-0.05, 0) is 48.9 Å². The molecule has 1 nitrogen and oxygen atoms in total. The van der Waals surface area contributed by atoms with Crippen molar-refractivity contribution in [2.24, 2.45) is 0 Å². The molecule has 90 valence electrons. The lowest BCUT2D eigenvalue weighted by atomic mass is 10.2. The van der Waals surface area contributed by atoms with Gasteiger partial charge in [-0.25, -0.2) is 0 Å². The number of benzene rings is 2. The maximum absolute atomic E-state index is 5.92. The minimum Gasteiger partial charge on any atom is -0.456 e. The number of ether oxygens (including phenoxy) is 1. The molecule has 1 aromatic heterocycles. The highest BCUT2D eigenvalue weighted by molar-refractivity contribution is 9.10. The van der Waals surface area contributed by atoms with Gasteiger partial charge < -0.3 is 4.74 Å². The van der Waals surface area contributed by atoms with Crippen molar-refractivity contribution in [1.82, 2.24) is 0 Å². The molecule has 0 aliphatic rings. The minimum absolute atomic E-state index is 0.860. The smallest absolute Gasteiger partial charge is 0.145 e. The molecule has 0 bridgehead atoms. The molecule has 0 N–H and O–H groups in total. The van der Waals surface area contributed by atoms with Crippen molar-refractivity contribution in [3.8, 4) is 11.5 Å². The van der Waals surface area contributed by atoms with Gasteiger partial charge in [0.05, 0.1) is 0 Å². The Hall–Kier alpha value is -1.32. The number of thiophene rings is 1. The molecule has 0 unspecified atom stereocenters. The third-order valence-electron chi connectivity index (χ3n) is 2.74. The molecule has 1 heterocycles. The van der Waals surface area contributed by atoms with E-state index in [2.05, 4.69) is 46.4 Å². The second kappa shape index (κ2) is 4.75. The van der Waals surface area contributed by atoms with Gasteiger partial charge >= 0.3 is 0 Å². The number of aryl methyl sites for hydroxylation is 1. The van der Waals surface area contributed by atoms with Crippen molar-refractivity contribution < 1.29 is 4.74 Å². The highest BCUT2D eigenvalue weighted by Crippen LogP contribution is 2.35. The topological polar surface area (TPSA) is 9.23 Å². The molecule has 0 radical (unpaired) electrons. The average Bonchev–Trinajstić information content (AvgIpc) is 2.74. The van der Waals surface area contributed by atoms with E-state index in [0.29, 0.717) is 0 Å². The van der Waals surface area contributed by atoms with Crippen molar-refractivity contribution in [1.29, 1.82) is 0 Å². The van der Waals surface area contributed by atoms with Gasteiger partial charge in [-0.3, -0.25) is 0 Å². The Labute approximate surface area is 118 Å². The van der Waals surface area contributed by atoms with Gasteiger partial charge in [0.2, 0.25) is 0 Å². The second-order valence-electron chi connectivity index (χ2n) is 4.16. The van der Waals surface area contributed by atoms with Crippen LogP contribution in [0.3, 0.4) is 0 Å². The van der Waals surface area contributed by atoms with E-state index in [0.717, 1.165) is 16.0 Å². The van der Waals surface area contributed by atoms with Crippen molar-refractivity contribution in [3.05, 3.63) is 57.9 Å². The summed E-state index contributed by atoms with van der Waals surface area (Å²) in [6.07, 6.45) is 0. The standard InChI is InChI=1S/C15H11BrOS/c1-10-2-7-13-14(9-18-15(13)8-10)17-12-5-3-11(16)4-6-12/h2-9H,1H3. The van der Waals surface area contributed by atoms with Gasteiger partial charge in [-0.15, -0.1) is 11.3 Å². The van der Waals surface area contributed by atoms with Crippen LogP contribution in [0.2, 0.25) is 0 Å². The normalized spacial score (nSPS) is 10.8. The Morgan fingerprint density at radius 1 is 1.06 bits per heavy atom. The number of hydrogen-bond acceptors (Lipinski definition) is 2. The highest BCUT2D eigenvalue weighted by Gasteiger charge is 2.06. The Morgan fingerprint density at radius 3 is 2.61 bits per heavy atom.